The van der Waals surface area contributed by atoms with E-state index < -0.39 is 0 Å². The second-order valence-corrected chi connectivity index (χ2v) is 3.49. The Bertz CT molecular complexity index is 115. The monoisotopic (exact) mass is 156 g/mol. The van der Waals surface area contributed by atoms with Gasteiger partial charge in [0.15, 0.2) is 6.29 Å². The van der Waals surface area contributed by atoms with Crippen LogP contribution in [0.1, 0.15) is 38.5 Å². The summed E-state index contributed by atoms with van der Waals surface area (Å²) in [7, 11) is 0. The third-order valence-corrected chi connectivity index (χ3v) is 2.55. The Hall–Kier alpha value is -0.0800. The van der Waals surface area contributed by atoms with Gasteiger partial charge in [-0.05, 0) is 12.8 Å². The molecule has 11 heavy (non-hydrogen) atoms. The van der Waals surface area contributed by atoms with Gasteiger partial charge in [-0.15, -0.1) is 0 Å². The first kappa shape index (κ1) is 7.56. The van der Waals surface area contributed by atoms with Crippen molar-refractivity contribution in [1.82, 2.24) is 0 Å². The van der Waals surface area contributed by atoms with Gasteiger partial charge in [-0.3, -0.25) is 0 Å². The van der Waals surface area contributed by atoms with E-state index in [0.29, 0.717) is 6.10 Å². The lowest BCUT2D eigenvalue weighted by Crippen LogP contribution is -2.34. The molecule has 1 atom stereocenters. The summed E-state index contributed by atoms with van der Waals surface area (Å²) in [6, 6.07) is 0. The van der Waals surface area contributed by atoms with Gasteiger partial charge in [-0.25, -0.2) is 0 Å². The predicted molar refractivity (Wildman–Crippen MR) is 42.3 cm³/mol. The number of rotatable bonds is 2. The fourth-order valence-corrected chi connectivity index (χ4v) is 1.74. The molecule has 0 aromatic carbocycles. The second-order valence-electron chi connectivity index (χ2n) is 3.49. The average Bonchev–Trinajstić information content (AvgIpc) is 1.99. The van der Waals surface area contributed by atoms with Gasteiger partial charge in [0.05, 0.1) is 12.7 Å². The van der Waals surface area contributed by atoms with E-state index in [0.717, 1.165) is 13.0 Å². The number of hydrogen-bond donors (Lipinski definition) is 0. The Kier molecular flexibility index (Phi) is 2.44. The molecule has 2 nitrogen and oxygen atoms in total. The van der Waals surface area contributed by atoms with Crippen LogP contribution in [0.15, 0.2) is 0 Å². The highest BCUT2D eigenvalue weighted by Crippen LogP contribution is 2.24. The molecular formula is C9H16O2. The van der Waals surface area contributed by atoms with Gasteiger partial charge < -0.3 is 9.47 Å². The third-order valence-electron chi connectivity index (χ3n) is 2.55. The van der Waals surface area contributed by atoms with Crippen molar-refractivity contribution in [3.05, 3.63) is 0 Å². The van der Waals surface area contributed by atoms with Gasteiger partial charge in [0, 0.05) is 6.42 Å². The molecule has 1 aliphatic heterocycles. The zero-order valence-electron chi connectivity index (χ0n) is 6.92. The van der Waals surface area contributed by atoms with Gasteiger partial charge >= 0.3 is 0 Å². The maximum atomic E-state index is 5.70. The van der Waals surface area contributed by atoms with Crippen LogP contribution >= 0.6 is 0 Å². The molecule has 1 saturated heterocycles. The Labute approximate surface area is 67.9 Å². The summed E-state index contributed by atoms with van der Waals surface area (Å²) >= 11 is 0. The van der Waals surface area contributed by atoms with E-state index >= 15 is 0 Å². The Balaban J connectivity index is 1.67. The van der Waals surface area contributed by atoms with Crippen LogP contribution in [0.2, 0.25) is 0 Å². The molecule has 2 heteroatoms. The summed E-state index contributed by atoms with van der Waals surface area (Å²) in [5.41, 5.74) is 0. The van der Waals surface area contributed by atoms with Crippen LogP contribution in [0.5, 0.6) is 0 Å². The Morgan fingerprint density at radius 3 is 2.27 bits per heavy atom. The van der Waals surface area contributed by atoms with E-state index in [1.54, 1.807) is 0 Å². The molecular weight excluding hydrogens is 140 g/mol. The first-order valence-electron chi connectivity index (χ1n) is 4.72. The van der Waals surface area contributed by atoms with Crippen LogP contribution in [0.4, 0.5) is 0 Å². The van der Waals surface area contributed by atoms with E-state index in [1.165, 1.54) is 32.1 Å². The maximum Gasteiger partial charge on any atom is 0.160 e. The fraction of sp³-hybridized carbons (Fsp3) is 1.00. The minimum absolute atomic E-state index is 0.151. The summed E-state index contributed by atoms with van der Waals surface area (Å²) in [5, 5.41) is 0. The lowest BCUT2D eigenvalue weighted by atomic mass is 9.98. The molecule has 0 amide bonds. The zero-order valence-corrected chi connectivity index (χ0v) is 6.92. The quantitative estimate of drug-likeness (QED) is 0.609. The summed E-state index contributed by atoms with van der Waals surface area (Å²) in [5.74, 6) is 0. The van der Waals surface area contributed by atoms with Crippen LogP contribution in [0.25, 0.3) is 0 Å². The van der Waals surface area contributed by atoms with E-state index in [2.05, 4.69) is 0 Å². The molecule has 0 radical (unpaired) electrons. The van der Waals surface area contributed by atoms with Gasteiger partial charge in [0.1, 0.15) is 0 Å². The van der Waals surface area contributed by atoms with E-state index in [4.69, 9.17) is 9.47 Å². The first-order valence-corrected chi connectivity index (χ1v) is 4.72. The molecule has 64 valence electrons. The molecule has 2 aliphatic rings. The van der Waals surface area contributed by atoms with Crippen LogP contribution in [0.3, 0.4) is 0 Å². The smallest absolute Gasteiger partial charge is 0.160 e. The molecule has 0 aromatic rings. The van der Waals surface area contributed by atoms with Gasteiger partial charge in [0.25, 0.3) is 0 Å². The highest BCUT2D eigenvalue weighted by molar-refractivity contribution is 4.67. The normalized spacial score (nSPS) is 33.3. The largest absolute Gasteiger partial charge is 0.352 e. The van der Waals surface area contributed by atoms with E-state index in [9.17, 15) is 0 Å². The summed E-state index contributed by atoms with van der Waals surface area (Å²) in [6.45, 7) is 0.900. The highest BCUT2D eigenvalue weighted by atomic mass is 16.7. The molecule has 1 saturated carbocycles. The van der Waals surface area contributed by atoms with E-state index in [1.807, 2.05) is 0 Å². The Morgan fingerprint density at radius 1 is 1.00 bits per heavy atom. The standard InChI is InChI=1S/C9H16O2/c1-2-4-8(5-3-1)11-9-6-7-10-9/h8-9H,1-7H2. The topological polar surface area (TPSA) is 18.5 Å². The molecule has 1 heterocycles. The van der Waals surface area contributed by atoms with Gasteiger partial charge in [-0.2, -0.15) is 0 Å². The maximum absolute atomic E-state index is 5.70. The lowest BCUT2D eigenvalue weighted by molar-refractivity contribution is -0.239. The zero-order chi connectivity index (χ0) is 7.52. The molecule has 0 N–H and O–H groups in total. The molecule has 0 aromatic heterocycles. The minimum Gasteiger partial charge on any atom is -0.352 e. The summed E-state index contributed by atoms with van der Waals surface area (Å²) in [6.07, 6.45) is 8.35. The average molecular weight is 156 g/mol. The second kappa shape index (κ2) is 3.55. The highest BCUT2D eigenvalue weighted by Gasteiger charge is 2.24. The predicted octanol–water partition coefficient (Wildman–Crippen LogP) is 2.08. The van der Waals surface area contributed by atoms with Crippen LogP contribution < -0.4 is 0 Å². The van der Waals surface area contributed by atoms with Crippen molar-refractivity contribution in [3.8, 4) is 0 Å². The van der Waals surface area contributed by atoms with Crippen LogP contribution in [-0.2, 0) is 9.47 Å². The van der Waals surface area contributed by atoms with Crippen molar-refractivity contribution in [2.24, 2.45) is 0 Å². The van der Waals surface area contributed by atoms with Crippen molar-refractivity contribution < 1.29 is 9.47 Å². The molecule has 1 aliphatic carbocycles. The summed E-state index contributed by atoms with van der Waals surface area (Å²) < 4.78 is 10.9. The number of hydrogen-bond acceptors (Lipinski definition) is 2. The van der Waals surface area contributed by atoms with Crippen molar-refractivity contribution in [1.29, 1.82) is 0 Å². The van der Waals surface area contributed by atoms with Gasteiger partial charge in [-0.1, -0.05) is 19.3 Å². The lowest BCUT2D eigenvalue weighted by Gasteiger charge is -2.32. The minimum atomic E-state index is 0.151. The number of ether oxygens (including phenoxy) is 2. The Morgan fingerprint density at radius 2 is 1.73 bits per heavy atom. The van der Waals surface area contributed by atoms with E-state index in [-0.39, 0.29) is 6.29 Å². The molecule has 2 rings (SSSR count). The van der Waals surface area contributed by atoms with Crippen molar-refractivity contribution in [3.63, 3.8) is 0 Å². The fourth-order valence-electron chi connectivity index (χ4n) is 1.74. The SMILES string of the molecule is C1CCC(OC2CCO2)CC1. The third kappa shape index (κ3) is 1.94. The molecule has 0 spiro atoms. The van der Waals surface area contributed by atoms with Crippen LogP contribution in [-0.4, -0.2) is 19.0 Å². The van der Waals surface area contributed by atoms with Crippen LogP contribution in [0, 0.1) is 0 Å². The molecule has 1 unspecified atom stereocenters. The molecule has 2 fully saturated rings. The van der Waals surface area contributed by atoms with Crippen molar-refractivity contribution in [2.75, 3.05) is 6.61 Å². The van der Waals surface area contributed by atoms with Gasteiger partial charge in [0.2, 0.25) is 0 Å². The van der Waals surface area contributed by atoms with Crippen molar-refractivity contribution in [2.45, 2.75) is 50.9 Å². The first-order chi connectivity index (χ1) is 5.45. The summed E-state index contributed by atoms with van der Waals surface area (Å²) in [4.78, 5) is 0. The van der Waals surface area contributed by atoms with Crippen molar-refractivity contribution >= 4 is 0 Å². The molecule has 0 bridgehead atoms.